The predicted molar refractivity (Wildman–Crippen MR) is 149 cm³/mol. The van der Waals surface area contributed by atoms with Crippen LogP contribution in [-0.4, -0.2) is 73.2 Å². The number of aryl methyl sites for hydroxylation is 1. The van der Waals surface area contributed by atoms with E-state index in [2.05, 4.69) is 20.3 Å². The number of carbonyl (C=O) groups is 3. The van der Waals surface area contributed by atoms with E-state index in [0.29, 0.717) is 37.4 Å². The van der Waals surface area contributed by atoms with Crippen LogP contribution in [0, 0.1) is 12.8 Å². The molecule has 0 radical (unpaired) electrons. The van der Waals surface area contributed by atoms with Crippen LogP contribution in [0.5, 0.6) is 0 Å². The molecule has 2 bridgehead atoms. The minimum atomic E-state index is -0.652. The van der Waals surface area contributed by atoms with Crippen LogP contribution in [0.25, 0.3) is 21.9 Å². The number of nitrogens with one attached hydrogen (secondary N) is 3. The molecular formula is C30H34N6O3. The maximum absolute atomic E-state index is 13.9. The minimum Gasteiger partial charge on any atom is -0.351 e. The molecule has 2 aromatic heterocycles. The molecular weight excluding hydrogens is 492 g/mol. The van der Waals surface area contributed by atoms with Crippen LogP contribution in [-0.2, 0) is 4.79 Å². The van der Waals surface area contributed by atoms with Gasteiger partial charge in [0.25, 0.3) is 11.8 Å². The van der Waals surface area contributed by atoms with Crippen molar-refractivity contribution in [1.29, 1.82) is 0 Å². The first-order valence-corrected chi connectivity index (χ1v) is 13.6. The SMILES string of the molecule is Cc1cccc2[nH]c(C(=O)NC(CC(C)C)C(=O)N3CC4CC3(C)CN4C(=O)c3nc4ccccc4[nH]3)cc12. The Bertz CT molecular complexity index is 1570. The van der Waals surface area contributed by atoms with Gasteiger partial charge in [0.2, 0.25) is 5.91 Å². The summed E-state index contributed by atoms with van der Waals surface area (Å²) in [7, 11) is 0. The van der Waals surface area contributed by atoms with Crippen molar-refractivity contribution >= 4 is 39.7 Å². The lowest BCUT2D eigenvalue weighted by Crippen LogP contribution is -2.60. The van der Waals surface area contributed by atoms with Crippen LogP contribution in [0.4, 0.5) is 0 Å². The average molecular weight is 527 g/mol. The van der Waals surface area contributed by atoms with E-state index in [1.165, 1.54) is 0 Å². The number of fused-ring (bicyclic) bond motifs is 4. The fourth-order valence-electron chi connectivity index (χ4n) is 6.30. The summed E-state index contributed by atoms with van der Waals surface area (Å²) in [5.74, 6) is 0.00542. The topological polar surface area (TPSA) is 114 Å². The predicted octanol–water partition coefficient (Wildman–Crippen LogP) is 4.01. The van der Waals surface area contributed by atoms with E-state index < -0.39 is 11.6 Å². The van der Waals surface area contributed by atoms with Gasteiger partial charge in [-0.3, -0.25) is 14.4 Å². The number of amides is 3. The van der Waals surface area contributed by atoms with E-state index in [1.807, 2.05) is 86.0 Å². The van der Waals surface area contributed by atoms with Gasteiger partial charge in [-0.05, 0) is 62.4 Å². The van der Waals surface area contributed by atoms with Gasteiger partial charge in [-0.25, -0.2) is 4.98 Å². The third-order valence-corrected chi connectivity index (χ3v) is 8.23. The number of aromatic nitrogens is 3. The number of hydrogen-bond acceptors (Lipinski definition) is 4. The van der Waals surface area contributed by atoms with E-state index in [0.717, 1.165) is 27.5 Å². The zero-order chi connectivity index (χ0) is 27.5. The molecule has 2 fully saturated rings. The van der Waals surface area contributed by atoms with Crippen LogP contribution in [0.15, 0.2) is 48.5 Å². The number of benzene rings is 2. The standard InChI is InChI=1S/C30H34N6O3/c1-17(2)12-25(34-27(37)24-13-20-18(3)8-7-11-21(20)31-24)28(38)36-15-19-14-30(36,4)16-35(19)29(39)26-32-22-9-5-6-10-23(22)33-26/h5-11,13,17,19,25,31H,12,14-16H2,1-4H3,(H,32,33)(H,34,37). The summed E-state index contributed by atoms with van der Waals surface area (Å²) in [6.45, 7) is 9.01. The van der Waals surface area contributed by atoms with Gasteiger partial charge in [-0.1, -0.05) is 38.1 Å². The zero-order valence-corrected chi connectivity index (χ0v) is 22.7. The maximum atomic E-state index is 13.9. The minimum absolute atomic E-state index is 0.0910. The number of piperazine rings is 1. The smallest absolute Gasteiger partial charge is 0.290 e. The van der Waals surface area contributed by atoms with Crippen molar-refractivity contribution in [3.8, 4) is 0 Å². The van der Waals surface area contributed by atoms with E-state index in [4.69, 9.17) is 0 Å². The van der Waals surface area contributed by atoms with Gasteiger partial charge >= 0.3 is 0 Å². The quantitative estimate of drug-likeness (QED) is 0.352. The molecule has 0 aliphatic carbocycles. The highest BCUT2D eigenvalue weighted by molar-refractivity contribution is 6.01. The Morgan fingerprint density at radius 3 is 2.56 bits per heavy atom. The largest absolute Gasteiger partial charge is 0.351 e. The van der Waals surface area contributed by atoms with Crippen molar-refractivity contribution in [3.05, 3.63) is 65.6 Å². The number of hydrogen-bond donors (Lipinski definition) is 3. The van der Waals surface area contributed by atoms with Crippen molar-refractivity contribution in [1.82, 2.24) is 30.1 Å². The fraction of sp³-hybridized carbons (Fsp3) is 0.400. The Kier molecular flexibility index (Phi) is 5.97. The molecule has 39 heavy (non-hydrogen) atoms. The first kappa shape index (κ1) is 25.2. The number of rotatable bonds is 6. The normalized spacial score (nSPS) is 21.3. The molecule has 2 aromatic carbocycles. The highest BCUT2D eigenvalue weighted by Gasteiger charge is 2.56. The lowest BCUT2D eigenvalue weighted by Gasteiger charge is -2.41. The van der Waals surface area contributed by atoms with E-state index in [-0.39, 0.29) is 29.7 Å². The van der Waals surface area contributed by atoms with Gasteiger partial charge in [-0.15, -0.1) is 0 Å². The number of H-pyrrole nitrogens is 2. The number of para-hydroxylation sites is 2. The summed E-state index contributed by atoms with van der Waals surface area (Å²) in [6, 6.07) is 14.6. The van der Waals surface area contributed by atoms with Crippen LogP contribution >= 0.6 is 0 Å². The summed E-state index contributed by atoms with van der Waals surface area (Å²) < 4.78 is 0. The van der Waals surface area contributed by atoms with Gasteiger partial charge in [0.1, 0.15) is 11.7 Å². The zero-order valence-electron chi connectivity index (χ0n) is 22.7. The summed E-state index contributed by atoms with van der Waals surface area (Å²) in [5.41, 5.74) is 3.50. The summed E-state index contributed by atoms with van der Waals surface area (Å²) >= 11 is 0. The Balaban J connectivity index is 1.18. The molecule has 4 heterocycles. The fourth-order valence-corrected chi connectivity index (χ4v) is 6.30. The van der Waals surface area contributed by atoms with Crippen molar-refractivity contribution < 1.29 is 14.4 Å². The van der Waals surface area contributed by atoms with E-state index in [9.17, 15) is 14.4 Å². The van der Waals surface area contributed by atoms with Gasteiger partial charge in [-0.2, -0.15) is 0 Å². The Morgan fingerprint density at radius 2 is 1.87 bits per heavy atom. The first-order chi connectivity index (χ1) is 18.6. The molecule has 2 aliphatic heterocycles. The van der Waals surface area contributed by atoms with Crippen molar-refractivity contribution in [3.63, 3.8) is 0 Å². The lowest BCUT2D eigenvalue weighted by molar-refractivity contribution is -0.139. The Hall–Kier alpha value is -4.14. The van der Waals surface area contributed by atoms with Crippen molar-refractivity contribution in [2.45, 2.75) is 58.2 Å². The van der Waals surface area contributed by atoms with Gasteiger partial charge in [0.15, 0.2) is 5.82 Å². The lowest BCUT2D eigenvalue weighted by atomic mass is 9.98. The molecule has 3 atom stereocenters. The third-order valence-electron chi connectivity index (χ3n) is 8.23. The molecule has 2 saturated heterocycles. The van der Waals surface area contributed by atoms with E-state index >= 15 is 0 Å². The second-order valence-corrected chi connectivity index (χ2v) is 11.7. The Morgan fingerprint density at radius 1 is 1.10 bits per heavy atom. The number of carbonyl (C=O) groups excluding carboxylic acids is 3. The second-order valence-electron chi connectivity index (χ2n) is 11.7. The van der Waals surface area contributed by atoms with Crippen LogP contribution in [0.2, 0.25) is 0 Å². The highest BCUT2D eigenvalue weighted by atomic mass is 16.2. The molecule has 0 saturated carbocycles. The average Bonchev–Trinajstić information content (AvgIpc) is 3.67. The molecule has 9 nitrogen and oxygen atoms in total. The van der Waals surface area contributed by atoms with E-state index in [1.54, 1.807) is 0 Å². The third kappa shape index (κ3) is 4.35. The molecule has 3 N–H and O–H groups in total. The van der Waals surface area contributed by atoms with Crippen LogP contribution in [0.1, 0.15) is 60.3 Å². The molecule has 3 unspecified atom stereocenters. The summed E-state index contributed by atoms with van der Waals surface area (Å²) in [6.07, 6.45) is 1.23. The van der Waals surface area contributed by atoms with Crippen molar-refractivity contribution in [2.24, 2.45) is 5.92 Å². The molecule has 4 aromatic rings. The molecule has 3 amide bonds. The van der Waals surface area contributed by atoms with Gasteiger partial charge in [0.05, 0.1) is 22.6 Å². The number of aromatic amines is 2. The second kappa shape index (κ2) is 9.25. The highest BCUT2D eigenvalue weighted by Crippen LogP contribution is 2.41. The maximum Gasteiger partial charge on any atom is 0.290 e. The van der Waals surface area contributed by atoms with Gasteiger partial charge < -0.3 is 25.1 Å². The summed E-state index contributed by atoms with van der Waals surface area (Å²) in [5, 5.41) is 4.01. The van der Waals surface area contributed by atoms with Crippen LogP contribution in [0.3, 0.4) is 0 Å². The van der Waals surface area contributed by atoms with Crippen LogP contribution < -0.4 is 5.32 Å². The molecule has 202 valence electrons. The Labute approximate surface area is 227 Å². The number of imidazole rings is 1. The monoisotopic (exact) mass is 526 g/mol. The molecule has 6 rings (SSSR count). The number of nitrogens with zero attached hydrogens (tertiary/aromatic N) is 3. The number of likely N-dealkylation sites (tertiary alicyclic amines) is 2. The molecule has 0 spiro atoms. The van der Waals surface area contributed by atoms with Crippen molar-refractivity contribution in [2.75, 3.05) is 13.1 Å². The molecule has 2 aliphatic rings. The summed E-state index contributed by atoms with van der Waals surface area (Å²) in [4.78, 5) is 55.1. The molecule has 9 heteroatoms. The first-order valence-electron chi connectivity index (χ1n) is 13.6. The van der Waals surface area contributed by atoms with Gasteiger partial charge in [0, 0.05) is 24.0 Å².